The molecule has 0 aliphatic carbocycles. The monoisotopic (exact) mass is 296 g/mol. The highest BCUT2D eigenvalue weighted by Gasteiger charge is 2.15. The maximum atomic E-state index is 11.7. The van der Waals surface area contributed by atoms with Gasteiger partial charge in [-0.05, 0) is 24.1 Å². The van der Waals surface area contributed by atoms with Crippen LogP contribution in [0.15, 0.2) is 18.2 Å². The van der Waals surface area contributed by atoms with Crippen molar-refractivity contribution in [3.05, 3.63) is 23.2 Å². The quantitative estimate of drug-likeness (QED) is 0.928. The van der Waals surface area contributed by atoms with Gasteiger partial charge in [-0.2, -0.15) is 0 Å². The summed E-state index contributed by atoms with van der Waals surface area (Å²) in [6, 6.07) is 5.66. The Bertz CT molecular complexity index is 471. The molecule has 1 N–H and O–H groups in total. The molecule has 4 nitrogen and oxygen atoms in total. The number of carbonyl (C=O) groups excluding carboxylic acids is 1. The summed E-state index contributed by atoms with van der Waals surface area (Å²) in [6.45, 7) is 7.19. The zero-order chi connectivity index (χ0) is 14.5. The Morgan fingerprint density at radius 1 is 1.40 bits per heavy atom. The number of carbonyl (C=O) groups is 1. The van der Waals surface area contributed by atoms with Gasteiger partial charge in [-0.15, -0.1) is 0 Å². The van der Waals surface area contributed by atoms with E-state index in [0.717, 1.165) is 37.7 Å². The van der Waals surface area contributed by atoms with Gasteiger partial charge < -0.3 is 15.0 Å². The molecule has 5 heteroatoms. The number of halogens is 1. The van der Waals surface area contributed by atoms with Gasteiger partial charge in [0, 0.05) is 25.2 Å². The third kappa shape index (κ3) is 4.12. The van der Waals surface area contributed by atoms with Gasteiger partial charge >= 0.3 is 0 Å². The lowest BCUT2D eigenvalue weighted by Gasteiger charge is -2.29. The van der Waals surface area contributed by atoms with E-state index in [2.05, 4.69) is 10.2 Å². The largest absolute Gasteiger partial charge is 0.378 e. The first-order valence-corrected chi connectivity index (χ1v) is 7.36. The summed E-state index contributed by atoms with van der Waals surface area (Å²) >= 11 is 6.32. The fraction of sp³-hybridized carbons (Fsp3) is 0.533. The minimum Gasteiger partial charge on any atom is -0.378 e. The van der Waals surface area contributed by atoms with Gasteiger partial charge in [0.15, 0.2) is 0 Å². The highest BCUT2D eigenvalue weighted by molar-refractivity contribution is 6.33. The second-order valence-electron chi connectivity index (χ2n) is 5.41. The summed E-state index contributed by atoms with van der Waals surface area (Å²) < 4.78 is 5.33. The van der Waals surface area contributed by atoms with Crippen molar-refractivity contribution in [3.63, 3.8) is 0 Å². The van der Waals surface area contributed by atoms with Crippen LogP contribution >= 0.6 is 11.6 Å². The van der Waals surface area contributed by atoms with Gasteiger partial charge in [0.1, 0.15) is 0 Å². The van der Waals surface area contributed by atoms with Crippen LogP contribution in [0.1, 0.15) is 20.3 Å². The van der Waals surface area contributed by atoms with Crippen LogP contribution < -0.4 is 10.2 Å². The third-order valence-corrected chi connectivity index (χ3v) is 3.48. The number of morpholine rings is 1. The Hall–Kier alpha value is -1.26. The number of amides is 1. The lowest BCUT2D eigenvalue weighted by Crippen LogP contribution is -2.36. The van der Waals surface area contributed by atoms with Crippen molar-refractivity contribution in [1.29, 1.82) is 0 Å². The molecule has 0 radical (unpaired) electrons. The Labute approximate surface area is 125 Å². The first kappa shape index (κ1) is 15.1. The van der Waals surface area contributed by atoms with Crippen LogP contribution in [-0.4, -0.2) is 32.2 Å². The first-order chi connectivity index (χ1) is 9.56. The van der Waals surface area contributed by atoms with Crippen LogP contribution in [0.25, 0.3) is 0 Å². The van der Waals surface area contributed by atoms with Crippen molar-refractivity contribution in [2.75, 3.05) is 36.5 Å². The molecular weight excluding hydrogens is 276 g/mol. The molecule has 20 heavy (non-hydrogen) atoms. The summed E-state index contributed by atoms with van der Waals surface area (Å²) in [5.41, 5.74) is 1.74. The molecule has 110 valence electrons. The van der Waals surface area contributed by atoms with Crippen LogP contribution in [0.2, 0.25) is 5.02 Å². The number of rotatable bonds is 4. The number of anilines is 2. The minimum absolute atomic E-state index is 0.0233. The second-order valence-corrected chi connectivity index (χ2v) is 5.82. The molecule has 1 fully saturated rings. The molecule has 1 heterocycles. The maximum absolute atomic E-state index is 11.7. The molecule has 0 spiro atoms. The molecule has 1 aliphatic rings. The SMILES string of the molecule is CC(C)CC(=O)Nc1ccc(N2CCOCC2)c(Cl)c1. The van der Waals surface area contributed by atoms with Gasteiger partial charge in [-0.1, -0.05) is 25.4 Å². The van der Waals surface area contributed by atoms with E-state index < -0.39 is 0 Å². The van der Waals surface area contributed by atoms with Crippen molar-refractivity contribution in [2.45, 2.75) is 20.3 Å². The predicted molar refractivity (Wildman–Crippen MR) is 82.6 cm³/mol. The molecule has 1 aromatic rings. The van der Waals surface area contributed by atoms with Gasteiger partial charge in [0.2, 0.25) is 5.91 Å². The lowest BCUT2D eigenvalue weighted by atomic mass is 10.1. The van der Waals surface area contributed by atoms with Crippen LogP contribution in [0.5, 0.6) is 0 Å². The van der Waals surface area contributed by atoms with Crippen molar-refractivity contribution in [2.24, 2.45) is 5.92 Å². The van der Waals surface area contributed by atoms with E-state index in [1.807, 2.05) is 32.0 Å². The fourth-order valence-electron chi connectivity index (χ4n) is 2.23. The summed E-state index contributed by atoms with van der Waals surface area (Å²) in [6.07, 6.45) is 0.517. The normalized spacial score (nSPS) is 15.5. The zero-order valence-electron chi connectivity index (χ0n) is 12.0. The number of benzene rings is 1. The zero-order valence-corrected chi connectivity index (χ0v) is 12.7. The average molecular weight is 297 g/mol. The lowest BCUT2D eigenvalue weighted by molar-refractivity contribution is -0.116. The van der Waals surface area contributed by atoms with Gasteiger partial charge in [-0.25, -0.2) is 0 Å². The molecule has 0 unspecified atom stereocenters. The van der Waals surface area contributed by atoms with E-state index in [1.54, 1.807) is 0 Å². The van der Waals surface area contributed by atoms with Gasteiger partial charge in [-0.3, -0.25) is 4.79 Å². The van der Waals surface area contributed by atoms with E-state index in [0.29, 0.717) is 17.4 Å². The average Bonchev–Trinajstić information content (AvgIpc) is 2.38. The topological polar surface area (TPSA) is 41.6 Å². The first-order valence-electron chi connectivity index (χ1n) is 6.98. The Morgan fingerprint density at radius 3 is 2.70 bits per heavy atom. The molecule has 1 amide bonds. The summed E-state index contributed by atoms with van der Waals surface area (Å²) in [5, 5.41) is 3.54. The second kappa shape index (κ2) is 6.95. The maximum Gasteiger partial charge on any atom is 0.224 e. The van der Waals surface area contributed by atoms with Crippen molar-refractivity contribution < 1.29 is 9.53 Å². The third-order valence-electron chi connectivity index (χ3n) is 3.18. The van der Waals surface area contributed by atoms with Crippen LogP contribution in [0.4, 0.5) is 11.4 Å². The summed E-state index contributed by atoms with van der Waals surface area (Å²) in [5.74, 6) is 0.369. The molecule has 0 saturated carbocycles. The molecule has 0 aromatic heterocycles. The minimum atomic E-state index is 0.0233. The summed E-state index contributed by atoms with van der Waals surface area (Å²) in [4.78, 5) is 13.9. The van der Waals surface area contributed by atoms with Crippen molar-refractivity contribution in [3.8, 4) is 0 Å². The summed E-state index contributed by atoms with van der Waals surface area (Å²) in [7, 11) is 0. The number of nitrogens with one attached hydrogen (secondary N) is 1. The highest BCUT2D eigenvalue weighted by atomic mass is 35.5. The molecule has 0 bridgehead atoms. The van der Waals surface area contributed by atoms with Crippen LogP contribution in [-0.2, 0) is 9.53 Å². The van der Waals surface area contributed by atoms with E-state index in [4.69, 9.17) is 16.3 Å². The number of hydrogen-bond acceptors (Lipinski definition) is 3. The molecular formula is C15H21ClN2O2. The van der Waals surface area contributed by atoms with E-state index in [-0.39, 0.29) is 5.91 Å². The van der Waals surface area contributed by atoms with Crippen molar-refractivity contribution in [1.82, 2.24) is 0 Å². The molecule has 2 rings (SSSR count). The van der Waals surface area contributed by atoms with E-state index >= 15 is 0 Å². The molecule has 0 atom stereocenters. The van der Waals surface area contributed by atoms with E-state index in [9.17, 15) is 4.79 Å². The predicted octanol–water partition coefficient (Wildman–Crippen LogP) is 3.16. The Balaban J connectivity index is 2.03. The highest BCUT2D eigenvalue weighted by Crippen LogP contribution is 2.29. The van der Waals surface area contributed by atoms with Crippen molar-refractivity contribution >= 4 is 28.9 Å². The van der Waals surface area contributed by atoms with Gasteiger partial charge in [0.05, 0.1) is 23.9 Å². The standard InChI is InChI=1S/C15H21ClN2O2/c1-11(2)9-15(19)17-12-3-4-14(13(16)10-12)18-5-7-20-8-6-18/h3-4,10-11H,5-9H2,1-2H3,(H,17,19). The molecule has 1 aliphatic heterocycles. The van der Waals surface area contributed by atoms with Crippen LogP contribution in [0.3, 0.4) is 0 Å². The number of hydrogen-bond donors (Lipinski definition) is 1. The van der Waals surface area contributed by atoms with Crippen LogP contribution in [0, 0.1) is 5.92 Å². The van der Waals surface area contributed by atoms with Gasteiger partial charge in [0.25, 0.3) is 0 Å². The molecule has 1 saturated heterocycles. The van der Waals surface area contributed by atoms with E-state index in [1.165, 1.54) is 0 Å². The fourth-order valence-corrected chi connectivity index (χ4v) is 2.53. The smallest absolute Gasteiger partial charge is 0.224 e. The molecule has 1 aromatic carbocycles. The Kier molecular flexibility index (Phi) is 5.26. The Morgan fingerprint density at radius 2 is 2.10 bits per heavy atom. The number of nitrogens with zero attached hydrogens (tertiary/aromatic N) is 1. The number of ether oxygens (including phenoxy) is 1.